The average molecular weight is 539 g/mol. The lowest BCUT2D eigenvalue weighted by Gasteiger charge is -2.18. The van der Waals surface area contributed by atoms with Crippen LogP contribution in [0.5, 0.6) is 11.5 Å². The van der Waals surface area contributed by atoms with E-state index in [0.29, 0.717) is 52.0 Å². The van der Waals surface area contributed by atoms with Crippen molar-refractivity contribution in [3.63, 3.8) is 0 Å². The van der Waals surface area contributed by atoms with Crippen LogP contribution in [0.15, 0.2) is 88.5 Å². The number of methoxy groups -OCH3 is 1. The average Bonchev–Trinajstić information content (AvgIpc) is 3.44. The first kappa shape index (κ1) is 26.9. The SMILES string of the molecule is CCCCOc1ccc(C(c2c(C)[nH]n(-c3ccccc3)c2=O)c2c(C)[nH]n(-c3ccccc3)c2=O)cc1OC. The number of nitrogens with zero attached hydrogens (tertiary/aromatic N) is 2. The fourth-order valence-electron chi connectivity index (χ4n) is 5.10. The van der Waals surface area contributed by atoms with Gasteiger partial charge in [-0.1, -0.05) is 55.8 Å². The molecule has 5 rings (SSSR count). The van der Waals surface area contributed by atoms with Crippen molar-refractivity contribution < 1.29 is 9.47 Å². The zero-order valence-electron chi connectivity index (χ0n) is 23.2. The number of para-hydroxylation sites is 2. The van der Waals surface area contributed by atoms with Gasteiger partial charge >= 0.3 is 0 Å². The predicted octanol–water partition coefficient (Wildman–Crippen LogP) is 5.63. The van der Waals surface area contributed by atoms with Gasteiger partial charge in [-0.05, 0) is 62.2 Å². The van der Waals surface area contributed by atoms with Crippen molar-refractivity contribution in [3.8, 4) is 22.9 Å². The highest BCUT2D eigenvalue weighted by atomic mass is 16.5. The molecule has 40 heavy (non-hydrogen) atoms. The molecule has 0 atom stereocenters. The topological polar surface area (TPSA) is 94.0 Å². The molecule has 0 saturated heterocycles. The number of unbranched alkanes of at least 4 members (excludes halogenated alkanes) is 1. The number of H-pyrrole nitrogens is 2. The Morgan fingerprint density at radius 3 is 1.75 bits per heavy atom. The highest BCUT2D eigenvalue weighted by molar-refractivity contribution is 5.52. The van der Waals surface area contributed by atoms with Crippen molar-refractivity contribution in [1.82, 2.24) is 19.6 Å². The lowest BCUT2D eigenvalue weighted by atomic mass is 9.85. The van der Waals surface area contributed by atoms with E-state index in [2.05, 4.69) is 17.1 Å². The summed E-state index contributed by atoms with van der Waals surface area (Å²) in [4.78, 5) is 28.1. The van der Waals surface area contributed by atoms with E-state index in [1.165, 1.54) is 9.36 Å². The highest BCUT2D eigenvalue weighted by Gasteiger charge is 2.31. The fourth-order valence-corrected chi connectivity index (χ4v) is 5.10. The molecule has 8 heteroatoms. The molecule has 3 aromatic carbocycles. The number of ether oxygens (including phenoxy) is 2. The Morgan fingerprint density at radius 2 is 1.27 bits per heavy atom. The summed E-state index contributed by atoms with van der Waals surface area (Å²) >= 11 is 0. The molecule has 0 aliphatic carbocycles. The van der Waals surface area contributed by atoms with E-state index >= 15 is 0 Å². The van der Waals surface area contributed by atoms with E-state index in [4.69, 9.17) is 9.47 Å². The first-order valence-corrected chi connectivity index (χ1v) is 13.5. The molecule has 0 aliphatic rings. The van der Waals surface area contributed by atoms with Crippen LogP contribution in [-0.2, 0) is 0 Å². The molecule has 5 aromatic rings. The molecule has 0 spiro atoms. The number of aromatic amines is 2. The molecule has 0 fully saturated rings. The molecule has 0 saturated carbocycles. The molecule has 206 valence electrons. The third-order valence-corrected chi connectivity index (χ3v) is 7.12. The van der Waals surface area contributed by atoms with Crippen LogP contribution in [0.4, 0.5) is 0 Å². The summed E-state index contributed by atoms with van der Waals surface area (Å²) < 4.78 is 14.7. The number of hydrogen-bond acceptors (Lipinski definition) is 4. The van der Waals surface area contributed by atoms with Gasteiger partial charge in [-0.2, -0.15) is 0 Å². The molecule has 0 radical (unpaired) electrons. The Balaban J connectivity index is 1.73. The predicted molar refractivity (Wildman–Crippen MR) is 157 cm³/mol. The maximum Gasteiger partial charge on any atom is 0.275 e. The highest BCUT2D eigenvalue weighted by Crippen LogP contribution is 2.37. The lowest BCUT2D eigenvalue weighted by molar-refractivity contribution is 0.288. The first-order valence-electron chi connectivity index (χ1n) is 13.5. The van der Waals surface area contributed by atoms with Crippen molar-refractivity contribution in [1.29, 1.82) is 0 Å². The van der Waals surface area contributed by atoms with Crippen LogP contribution in [0.25, 0.3) is 11.4 Å². The van der Waals surface area contributed by atoms with Crippen LogP contribution in [0.1, 0.15) is 53.8 Å². The third kappa shape index (κ3) is 5.00. The number of aryl methyl sites for hydroxylation is 2. The Labute approximate surface area is 232 Å². The summed E-state index contributed by atoms with van der Waals surface area (Å²) in [6.07, 6.45) is 1.94. The van der Waals surface area contributed by atoms with Crippen LogP contribution in [0, 0.1) is 13.8 Å². The molecule has 2 aromatic heterocycles. The van der Waals surface area contributed by atoms with E-state index < -0.39 is 5.92 Å². The number of aromatic nitrogens is 4. The minimum Gasteiger partial charge on any atom is -0.493 e. The van der Waals surface area contributed by atoms with Crippen LogP contribution >= 0.6 is 0 Å². The van der Waals surface area contributed by atoms with Gasteiger partial charge in [0.05, 0.1) is 36.2 Å². The normalized spacial score (nSPS) is 11.2. The third-order valence-electron chi connectivity index (χ3n) is 7.12. The van der Waals surface area contributed by atoms with Crippen LogP contribution in [0.2, 0.25) is 0 Å². The monoisotopic (exact) mass is 538 g/mol. The zero-order chi connectivity index (χ0) is 28.2. The van der Waals surface area contributed by atoms with Crippen LogP contribution in [0.3, 0.4) is 0 Å². The summed E-state index contributed by atoms with van der Waals surface area (Å²) in [6.45, 7) is 6.41. The fraction of sp³-hybridized carbons (Fsp3) is 0.250. The zero-order valence-corrected chi connectivity index (χ0v) is 23.2. The number of rotatable bonds is 10. The summed E-state index contributed by atoms with van der Waals surface area (Å²) in [5.41, 5.74) is 4.06. The molecule has 2 N–H and O–H groups in total. The second-order valence-electron chi connectivity index (χ2n) is 9.80. The molecule has 0 amide bonds. The second-order valence-corrected chi connectivity index (χ2v) is 9.80. The van der Waals surface area contributed by atoms with E-state index in [-0.39, 0.29) is 11.1 Å². The number of benzene rings is 3. The smallest absolute Gasteiger partial charge is 0.275 e. The standard InChI is InChI=1S/C32H34N4O4/c1-5-6-19-40-26-18-17-23(20-27(26)39-4)30(28-21(2)33-35(31(28)37)24-13-9-7-10-14-24)29-22(3)34-36(32(29)38)25-15-11-8-12-16-25/h7-18,20,30,33-34H,5-6,19H2,1-4H3. The van der Waals surface area contributed by atoms with Gasteiger partial charge in [-0.3, -0.25) is 19.8 Å². The van der Waals surface area contributed by atoms with Crippen molar-refractivity contribution in [2.75, 3.05) is 13.7 Å². The van der Waals surface area contributed by atoms with Crippen molar-refractivity contribution in [3.05, 3.63) is 128 Å². The summed E-state index contributed by atoms with van der Waals surface area (Å²) in [5, 5.41) is 6.46. The van der Waals surface area contributed by atoms with Gasteiger partial charge < -0.3 is 9.47 Å². The molecular weight excluding hydrogens is 504 g/mol. The Hall–Kier alpha value is -4.72. The van der Waals surface area contributed by atoms with E-state index in [9.17, 15) is 9.59 Å². The maximum absolute atomic E-state index is 14.0. The van der Waals surface area contributed by atoms with Gasteiger partial charge in [0.2, 0.25) is 0 Å². The Kier molecular flexibility index (Phi) is 7.77. The van der Waals surface area contributed by atoms with Crippen molar-refractivity contribution in [2.45, 2.75) is 39.5 Å². The molecular formula is C32H34N4O4. The van der Waals surface area contributed by atoms with Crippen LogP contribution in [-0.4, -0.2) is 33.3 Å². The number of nitrogens with one attached hydrogen (secondary N) is 2. The van der Waals surface area contributed by atoms with Gasteiger partial charge in [0.15, 0.2) is 11.5 Å². The maximum atomic E-state index is 14.0. The Bertz CT molecular complexity index is 1610. The lowest BCUT2D eigenvalue weighted by Crippen LogP contribution is -2.25. The van der Waals surface area contributed by atoms with E-state index in [1.807, 2.05) is 92.7 Å². The molecule has 0 unspecified atom stereocenters. The summed E-state index contributed by atoms with van der Waals surface area (Å²) in [6, 6.07) is 24.4. The Morgan fingerprint density at radius 1 is 0.750 bits per heavy atom. The molecule has 2 heterocycles. The second kappa shape index (κ2) is 11.6. The quantitative estimate of drug-likeness (QED) is 0.225. The van der Waals surface area contributed by atoms with Gasteiger partial charge in [-0.25, -0.2) is 9.36 Å². The molecule has 0 aliphatic heterocycles. The summed E-state index contributed by atoms with van der Waals surface area (Å²) in [7, 11) is 1.59. The molecule has 8 nitrogen and oxygen atoms in total. The van der Waals surface area contributed by atoms with Crippen molar-refractivity contribution >= 4 is 0 Å². The largest absolute Gasteiger partial charge is 0.493 e. The van der Waals surface area contributed by atoms with E-state index in [0.717, 1.165) is 18.4 Å². The molecule has 0 bridgehead atoms. The first-order chi connectivity index (χ1) is 19.4. The van der Waals surface area contributed by atoms with Gasteiger partial charge in [0.1, 0.15) is 0 Å². The minimum atomic E-state index is -0.666. The summed E-state index contributed by atoms with van der Waals surface area (Å²) in [5.74, 6) is 0.506. The van der Waals surface area contributed by atoms with Crippen molar-refractivity contribution in [2.24, 2.45) is 0 Å². The van der Waals surface area contributed by atoms with Gasteiger partial charge in [0, 0.05) is 17.3 Å². The van der Waals surface area contributed by atoms with Crippen LogP contribution < -0.4 is 20.6 Å². The van der Waals surface area contributed by atoms with E-state index in [1.54, 1.807) is 7.11 Å². The minimum absolute atomic E-state index is 0.220. The number of hydrogen-bond donors (Lipinski definition) is 2. The van der Waals surface area contributed by atoms with Gasteiger partial charge in [0.25, 0.3) is 11.1 Å². The van der Waals surface area contributed by atoms with Gasteiger partial charge in [-0.15, -0.1) is 0 Å².